The van der Waals surface area contributed by atoms with Crippen LogP contribution in [-0.4, -0.2) is 37.2 Å². The number of rotatable bonds is 62. The highest BCUT2D eigenvalue weighted by Gasteiger charge is 2.19. The average molecular weight is 1100 g/mol. The molecular formula is C73H128O6. The van der Waals surface area contributed by atoms with Crippen molar-refractivity contribution in [3.05, 3.63) is 85.1 Å². The van der Waals surface area contributed by atoms with Crippen LogP contribution < -0.4 is 0 Å². The van der Waals surface area contributed by atoms with Gasteiger partial charge in [-0.05, 0) is 96.3 Å². The van der Waals surface area contributed by atoms with Gasteiger partial charge < -0.3 is 14.2 Å². The predicted molar refractivity (Wildman–Crippen MR) is 344 cm³/mol. The van der Waals surface area contributed by atoms with E-state index in [1.54, 1.807) is 0 Å². The average Bonchev–Trinajstić information content (AvgIpc) is 3.45. The maximum atomic E-state index is 12.9. The zero-order valence-electron chi connectivity index (χ0n) is 52.4. The van der Waals surface area contributed by atoms with E-state index in [4.69, 9.17) is 14.2 Å². The predicted octanol–water partition coefficient (Wildman–Crippen LogP) is 23.4. The molecule has 0 spiro atoms. The van der Waals surface area contributed by atoms with E-state index < -0.39 is 6.10 Å². The Bertz CT molecular complexity index is 1500. The summed E-state index contributed by atoms with van der Waals surface area (Å²) < 4.78 is 16.9. The molecule has 0 aromatic rings. The molecule has 0 aliphatic carbocycles. The molecule has 0 N–H and O–H groups in total. The molecule has 0 aliphatic rings. The first-order valence-corrected chi connectivity index (χ1v) is 34.1. The SMILES string of the molecule is CC/C=C\C/C=C\C/C=C\C/C=C\C/C=C\C/C=C\CCCCC(=O)OC(COC(=O)CCCCCCCCCCCCCCC/C=C\CCCCCCCCCC)COC(=O)CCCCCCCCCCCCCCCCC. The smallest absolute Gasteiger partial charge is 0.306 e. The first kappa shape index (κ1) is 75.6. The maximum absolute atomic E-state index is 12.9. The highest BCUT2D eigenvalue weighted by molar-refractivity contribution is 5.71. The van der Waals surface area contributed by atoms with Gasteiger partial charge in [-0.25, -0.2) is 0 Å². The normalized spacial score (nSPS) is 12.6. The molecule has 6 heteroatoms. The molecule has 0 amide bonds. The van der Waals surface area contributed by atoms with Crippen LogP contribution in [0, 0.1) is 0 Å². The van der Waals surface area contributed by atoms with Crippen LogP contribution in [0.2, 0.25) is 0 Å². The van der Waals surface area contributed by atoms with Gasteiger partial charge in [-0.3, -0.25) is 14.4 Å². The third-order valence-corrected chi connectivity index (χ3v) is 14.9. The molecule has 456 valence electrons. The number of carbonyl (C=O) groups excluding carboxylic acids is 3. The summed E-state index contributed by atoms with van der Waals surface area (Å²) in [5.41, 5.74) is 0. The lowest BCUT2D eigenvalue weighted by Gasteiger charge is -2.18. The van der Waals surface area contributed by atoms with E-state index in [9.17, 15) is 14.4 Å². The van der Waals surface area contributed by atoms with Gasteiger partial charge in [0.2, 0.25) is 0 Å². The number of esters is 3. The van der Waals surface area contributed by atoms with Crippen molar-refractivity contribution in [1.82, 2.24) is 0 Å². The number of ether oxygens (including phenoxy) is 3. The van der Waals surface area contributed by atoms with Crippen molar-refractivity contribution >= 4 is 17.9 Å². The fourth-order valence-corrected chi connectivity index (χ4v) is 9.80. The molecule has 1 unspecified atom stereocenters. The van der Waals surface area contributed by atoms with E-state index in [1.807, 2.05) is 0 Å². The van der Waals surface area contributed by atoms with Gasteiger partial charge in [0.25, 0.3) is 0 Å². The van der Waals surface area contributed by atoms with Crippen LogP contribution in [0.15, 0.2) is 85.1 Å². The highest BCUT2D eigenvalue weighted by atomic mass is 16.6. The second-order valence-electron chi connectivity index (χ2n) is 22.7. The molecule has 0 aliphatic heterocycles. The van der Waals surface area contributed by atoms with Crippen molar-refractivity contribution in [2.24, 2.45) is 0 Å². The zero-order valence-corrected chi connectivity index (χ0v) is 52.4. The molecule has 0 aromatic heterocycles. The van der Waals surface area contributed by atoms with Crippen LogP contribution in [0.3, 0.4) is 0 Å². The molecule has 0 bridgehead atoms. The van der Waals surface area contributed by atoms with E-state index in [1.165, 1.54) is 205 Å². The third-order valence-electron chi connectivity index (χ3n) is 14.9. The summed E-state index contributed by atoms with van der Waals surface area (Å²) in [5.74, 6) is -0.917. The van der Waals surface area contributed by atoms with E-state index in [-0.39, 0.29) is 37.5 Å². The number of allylic oxidation sites excluding steroid dienone is 14. The van der Waals surface area contributed by atoms with Crippen molar-refractivity contribution in [3.8, 4) is 0 Å². The number of unbranched alkanes of at least 4 members (excludes halogenated alkanes) is 37. The number of hydrogen-bond acceptors (Lipinski definition) is 6. The molecule has 6 nitrogen and oxygen atoms in total. The Morgan fingerprint density at radius 2 is 0.494 bits per heavy atom. The Morgan fingerprint density at radius 1 is 0.266 bits per heavy atom. The molecule has 0 saturated carbocycles. The summed E-state index contributed by atoms with van der Waals surface area (Å²) in [5, 5.41) is 0. The van der Waals surface area contributed by atoms with Crippen molar-refractivity contribution in [2.75, 3.05) is 13.2 Å². The van der Waals surface area contributed by atoms with Crippen LogP contribution >= 0.6 is 0 Å². The van der Waals surface area contributed by atoms with Crippen LogP contribution in [0.5, 0.6) is 0 Å². The van der Waals surface area contributed by atoms with Crippen molar-refractivity contribution < 1.29 is 28.6 Å². The second-order valence-corrected chi connectivity index (χ2v) is 22.7. The van der Waals surface area contributed by atoms with Gasteiger partial charge in [-0.15, -0.1) is 0 Å². The van der Waals surface area contributed by atoms with Gasteiger partial charge >= 0.3 is 17.9 Å². The first-order chi connectivity index (χ1) is 39.0. The van der Waals surface area contributed by atoms with E-state index in [0.29, 0.717) is 19.3 Å². The number of carbonyl (C=O) groups is 3. The number of hydrogen-bond donors (Lipinski definition) is 0. The Kier molecular flexibility index (Phi) is 64.2. The van der Waals surface area contributed by atoms with Crippen molar-refractivity contribution in [2.45, 2.75) is 348 Å². The lowest BCUT2D eigenvalue weighted by atomic mass is 10.0. The summed E-state index contributed by atoms with van der Waals surface area (Å²) in [4.78, 5) is 38.4. The minimum Gasteiger partial charge on any atom is -0.462 e. The molecule has 0 aromatic carbocycles. The highest BCUT2D eigenvalue weighted by Crippen LogP contribution is 2.17. The van der Waals surface area contributed by atoms with Crippen LogP contribution in [0.4, 0.5) is 0 Å². The summed E-state index contributed by atoms with van der Waals surface area (Å²) >= 11 is 0. The van der Waals surface area contributed by atoms with Crippen molar-refractivity contribution in [1.29, 1.82) is 0 Å². The summed E-state index contributed by atoms with van der Waals surface area (Å²) in [6, 6.07) is 0. The van der Waals surface area contributed by atoms with Crippen LogP contribution in [0.1, 0.15) is 342 Å². The summed E-state index contributed by atoms with van der Waals surface area (Å²) in [7, 11) is 0. The Hall–Kier alpha value is -3.41. The van der Waals surface area contributed by atoms with Gasteiger partial charge in [0, 0.05) is 19.3 Å². The summed E-state index contributed by atoms with van der Waals surface area (Å²) in [6.45, 7) is 6.54. The molecule has 0 rings (SSSR count). The monoisotopic (exact) mass is 1100 g/mol. The van der Waals surface area contributed by atoms with Gasteiger partial charge in [0.15, 0.2) is 6.10 Å². The quantitative estimate of drug-likeness (QED) is 0.0261. The van der Waals surface area contributed by atoms with Crippen LogP contribution in [-0.2, 0) is 28.6 Å². The molecule has 0 heterocycles. The van der Waals surface area contributed by atoms with E-state index in [2.05, 4.69) is 106 Å². The fourth-order valence-electron chi connectivity index (χ4n) is 9.80. The summed E-state index contributed by atoms with van der Waals surface area (Å²) in [6.07, 6.45) is 88.9. The maximum Gasteiger partial charge on any atom is 0.306 e. The molecule has 0 saturated heterocycles. The molecule has 1 atom stereocenters. The first-order valence-electron chi connectivity index (χ1n) is 34.1. The zero-order chi connectivity index (χ0) is 57.1. The van der Waals surface area contributed by atoms with Gasteiger partial charge in [-0.1, -0.05) is 311 Å². The standard InChI is InChI=1S/C73H128O6/c1-4-7-10-13-16-19-22-25-28-30-32-34-35-36-37-39-40-42-45-48-51-54-57-60-63-66-72(75)78-69-70(68-77-71(74)65-62-59-56-53-50-47-44-27-24-21-18-15-12-9-6-3)79-73(76)67-64-61-58-55-52-49-46-43-41-38-33-31-29-26-23-20-17-14-11-8-5-2/h8,11,17,20,26,29-30,32-33,38,43,46,52,55,70H,4-7,9-10,12-16,18-19,21-25,27-28,31,34-37,39-42,44-45,47-51,53-54,56-69H2,1-3H3/b11-8-,20-17-,29-26-,32-30-,38-33-,46-43-,55-52-. The molecule has 0 radical (unpaired) electrons. The largest absolute Gasteiger partial charge is 0.462 e. The van der Waals surface area contributed by atoms with E-state index in [0.717, 1.165) is 89.9 Å². The molecular weight excluding hydrogens is 973 g/mol. The second kappa shape index (κ2) is 67.1. The topological polar surface area (TPSA) is 78.9 Å². The third kappa shape index (κ3) is 65.3. The van der Waals surface area contributed by atoms with Gasteiger partial charge in [0.1, 0.15) is 13.2 Å². The minimum absolute atomic E-state index is 0.0908. The Balaban J connectivity index is 4.37. The van der Waals surface area contributed by atoms with Gasteiger partial charge in [0.05, 0.1) is 0 Å². The minimum atomic E-state index is -0.800. The Morgan fingerprint density at radius 3 is 0.810 bits per heavy atom. The lowest BCUT2D eigenvalue weighted by Crippen LogP contribution is -2.30. The lowest BCUT2D eigenvalue weighted by molar-refractivity contribution is -0.167. The van der Waals surface area contributed by atoms with Gasteiger partial charge in [-0.2, -0.15) is 0 Å². The fraction of sp³-hybridized carbons (Fsp3) is 0.767. The van der Waals surface area contributed by atoms with Crippen LogP contribution in [0.25, 0.3) is 0 Å². The van der Waals surface area contributed by atoms with E-state index >= 15 is 0 Å². The Labute approximate surface area is 490 Å². The van der Waals surface area contributed by atoms with Crippen molar-refractivity contribution in [3.63, 3.8) is 0 Å². The molecule has 0 fully saturated rings. The molecule has 79 heavy (non-hydrogen) atoms.